The van der Waals surface area contributed by atoms with Gasteiger partial charge in [-0.2, -0.15) is 0 Å². The fraction of sp³-hybridized carbons (Fsp3) is 0.385. The molecule has 0 saturated heterocycles. The Hall–Kier alpha value is -0.860. The van der Waals surface area contributed by atoms with Crippen molar-refractivity contribution in [1.29, 1.82) is 0 Å². The van der Waals surface area contributed by atoms with Gasteiger partial charge < -0.3 is 5.32 Å². The molecule has 16 heavy (non-hydrogen) atoms. The molecule has 1 N–H and O–H groups in total. The Bertz CT molecular complexity index is 414. The second kappa shape index (κ2) is 4.98. The van der Waals surface area contributed by atoms with Crippen LogP contribution >= 0.6 is 11.6 Å². The first-order valence-electron chi connectivity index (χ1n) is 5.53. The molecule has 1 unspecified atom stereocenters. The van der Waals surface area contributed by atoms with Crippen LogP contribution in [0, 0.1) is 5.82 Å². The van der Waals surface area contributed by atoms with E-state index in [-0.39, 0.29) is 16.9 Å². The summed E-state index contributed by atoms with van der Waals surface area (Å²) in [6.07, 6.45) is 5.73. The molecule has 0 heterocycles. The number of nitrogens with one attached hydrogen (secondary N) is 1. The molecule has 0 radical (unpaired) electrons. The lowest BCUT2D eigenvalue weighted by atomic mass is 9.98. The summed E-state index contributed by atoms with van der Waals surface area (Å²) in [5.41, 5.74) is 2.41. The first kappa shape index (κ1) is 11.6. The van der Waals surface area contributed by atoms with E-state index in [0.29, 0.717) is 0 Å². The molecule has 3 heteroatoms. The molecule has 0 spiro atoms. The third kappa shape index (κ3) is 2.28. The predicted molar refractivity (Wildman–Crippen MR) is 65.1 cm³/mol. The van der Waals surface area contributed by atoms with E-state index in [1.807, 2.05) is 7.05 Å². The fourth-order valence-corrected chi connectivity index (χ4v) is 2.40. The maximum atomic E-state index is 13.1. The van der Waals surface area contributed by atoms with Crippen molar-refractivity contribution in [2.75, 3.05) is 7.05 Å². The Labute approximate surface area is 100 Å². The van der Waals surface area contributed by atoms with Gasteiger partial charge in [-0.05, 0) is 44.0 Å². The zero-order chi connectivity index (χ0) is 11.5. The number of hydrogen-bond acceptors (Lipinski definition) is 1. The molecule has 86 valence electrons. The van der Waals surface area contributed by atoms with E-state index in [1.54, 1.807) is 12.1 Å². The van der Waals surface area contributed by atoms with Crippen molar-refractivity contribution in [3.8, 4) is 0 Å². The molecular formula is C13H15ClFN. The van der Waals surface area contributed by atoms with Gasteiger partial charge in [0.25, 0.3) is 0 Å². The smallest absolute Gasteiger partial charge is 0.141 e. The van der Waals surface area contributed by atoms with Gasteiger partial charge in [-0.3, -0.25) is 0 Å². The van der Waals surface area contributed by atoms with Gasteiger partial charge in [0.2, 0.25) is 0 Å². The van der Waals surface area contributed by atoms with Crippen molar-refractivity contribution in [1.82, 2.24) is 5.32 Å². The van der Waals surface area contributed by atoms with Crippen LogP contribution in [-0.2, 0) is 0 Å². The summed E-state index contributed by atoms with van der Waals surface area (Å²) in [6.45, 7) is 0. The minimum atomic E-state index is -0.360. The average molecular weight is 240 g/mol. The molecule has 0 bridgehead atoms. The summed E-state index contributed by atoms with van der Waals surface area (Å²) in [5.74, 6) is -0.360. The van der Waals surface area contributed by atoms with Crippen molar-refractivity contribution in [3.63, 3.8) is 0 Å². The summed E-state index contributed by atoms with van der Waals surface area (Å²) >= 11 is 5.80. The van der Waals surface area contributed by atoms with Gasteiger partial charge in [0.05, 0.1) is 11.1 Å². The number of allylic oxidation sites excluding steroid dienone is 1. The van der Waals surface area contributed by atoms with Crippen LogP contribution in [0.4, 0.5) is 4.39 Å². The molecule has 0 amide bonds. The lowest BCUT2D eigenvalue weighted by molar-refractivity contribution is 0.620. The Morgan fingerprint density at radius 1 is 1.44 bits per heavy atom. The van der Waals surface area contributed by atoms with E-state index >= 15 is 0 Å². The van der Waals surface area contributed by atoms with E-state index in [2.05, 4.69) is 11.4 Å². The zero-order valence-electron chi connectivity index (χ0n) is 9.26. The monoisotopic (exact) mass is 239 g/mol. The molecule has 2 rings (SSSR count). The van der Waals surface area contributed by atoms with Crippen LogP contribution in [0.25, 0.3) is 0 Å². The summed E-state index contributed by atoms with van der Waals surface area (Å²) in [5, 5.41) is 3.45. The molecule has 1 aromatic rings. The van der Waals surface area contributed by atoms with E-state index in [4.69, 9.17) is 11.6 Å². The zero-order valence-corrected chi connectivity index (χ0v) is 10.0. The summed E-state index contributed by atoms with van der Waals surface area (Å²) < 4.78 is 13.1. The van der Waals surface area contributed by atoms with E-state index in [1.165, 1.54) is 18.1 Å². The van der Waals surface area contributed by atoms with Crippen molar-refractivity contribution in [2.45, 2.75) is 25.3 Å². The summed E-state index contributed by atoms with van der Waals surface area (Å²) in [7, 11) is 1.92. The molecular weight excluding hydrogens is 225 g/mol. The van der Waals surface area contributed by atoms with E-state index < -0.39 is 0 Å². The van der Waals surface area contributed by atoms with Crippen LogP contribution in [0.2, 0.25) is 5.02 Å². The topological polar surface area (TPSA) is 12.0 Å². The largest absolute Gasteiger partial charge is 0.310 e. The first-order valence-corrected chi connectivity index (χ1v) is 5.91. The molecule has 0 aromatic heterocycles. The Morgan fingerprint density at radius 2 is 2.25 bits per heavy atom. The van der Waals surface area contributed by atoms with Gasteiger partial charge in [0, 0.05) is 0 Å². The number of rotatable bonds is 3. The highest BCUT2D eigenvalue weighted by molar-refractivity contribution is 6.30. The molecule has 0 saturated carbocycles. The minimum Gasteiger partial charge on any atom is -0.310 e. The van der Waals surface area contributed by atoms with Gasteiger partial charge in [0.1, 0.15) is 5.82 Å². The van der Waals surface area contributed by atoms with Gasteiger partial charge in [-0.1, -0.05) is 29.3 Å². The quantitative estimate of drug-likeness (QED) is 0.790. The van der Waals surface area contributed by atoms with Gasteiger partial charge in [-0.25, -0.2) is 4.39 Å². The van der Waals surface area contributed by atoms with Crippen molar-refractivity contribution < 1.29 is 4.39 Å². The number of likely N-dealkylation sites (N-methyl/N-ethyl adjacent to an activating group) is 1. The van der Waals surface area contributed by atoms with Crippen molar-refractivity contribution in [2.24, 2.45) is 0 Å². The standard InChI is InChI=1S/C13H15ClFN/c1-16-13(9-4-2-3-5-9)10-6-7-12(15)11(14)8-10/h4,6-8,13,16H,2-3,5H2,1H3. The van der Waals surface area contributed by atoms with Crippen LogP contribution in [0.5, 0.6) is 0 Å². The minimum absolute atomic E-state index is 0.167. The van der Waals surface area contributed by atoms with Crippen LogP contribution in [0.1, 0.15) is 30.9 Å². The van der Waals surface area contributed by atoms with Gasteiger partial charge in [0.15, 0.2) is 0 Å². The Kier molecular flexibility index (Phi) is 3.62. The van der Waals surface area contributed by atoms with Gasteiger partial charge >= 0.3 is 0 Å². The number of halogens is 2. The van der Waals surface area contributed by atoms with Crippen LogP contribution in [-0.4, -0.2) is 7.05 Å². The second-order valence-corrected chi connectivity index (χ2v) is 4.47. The fourth-order valence-electron chi connectivity index (χ4n) is 2.22. The van der Waals surface area contributed by atoms with Crippen LogP contribution in [0.3, 0.4) is 0 Å². The second-order valence-electron chi connectivity index (χ2n) is 4.07. The highest BCUT2D eigenvalue weighted by Gasteiger charge is 2.18. The Morgan fingerprint density at radius 3 is 2.81 bits per heavy atom. The normalized spacial score (nSPS) is 17.3. The molecule has 1 aliphatic rings. The SMILES string of the molecule is CNC(C1=CCCC1)c1ccc(F)c(Cl)c1. The Balaban J connectivity index is 2.29. The predicted octanol–water partition coefficient (Wildman–Crippen LogP) is 3.85. The van der Waals surface area contributed by atoms with E-state index in [0.717, 1.165) is 18.4 Å². The van der Waals surface area contributed by atoms with Crippen molar-refractivity contribution >= 4 is 11.6 Å². The lowest BCUT2D eigenvalue weighted by Gasteiger charge is -2.18. The lowest BCUT2D eigenvalue weighted by Crippen LogP contribution is -2.18. The molecule has 1 nitrogen and oxygen atoms in total. The molecule has 0 aliphatic heterocycles. The summed E-state index contributed by atoms with van der Waals surface area (Å²) in [6, 6.07) is 5.09. The maximum Gasteiger partial charge on any atom is 0.141 e. The highest BCUT2D eigenvalue weighted by Crippen LogP contribution is 2.31. The third-order valence-electron chi connectivity index (χ3n) is 3.01. The number of hydrogen-bond donors (Lipinski definition) is 1. The van der Waals surface area contributed by atoms with Crippen molar-refractivity contribution in [3.05, 3.63) is 46.3 Å². The molecule has 1 atom stereocenters. The highest BCUT2D eigenvalue weighted by atomic mass is 35.5. The molecule has 1 aliphatic carbocycles. The first-order chi connectivity index (χ1) is 7.72. The van der Waals surface area contributed by atoms with Crippen LogP contribution in [0.15, 0.2) is 29.8 Å². The summed E-state index contributed by atoms with van der Waals surface area (Å²) in [4.78, 5) is 0. The average Bonchev–Trinajstić information content (AvgIpc) is 2.78. The molecule has 0 fully saturated rings. The van der Waals surface area contributed by atoms with Crippen LogP contribution < -0.4 is 5.32 Å². The maximum absolute atomic E-state index is 13.1. The van der Waals surface area contributed by atoms with Gasteiger partial charge in [-0.15, -0.1) is 0 Å². The third-order valence-corrected chi connectivity index (χ3v) is 3.30. The van der Waals surface area contributed by atoms with E-state index in [9.17, 15) is 4.39 Å². The number of benzene rings is 1. The molecule has 1 aromatic carbocycles.